The van der Waals surface area contributed by atoms with Gasteiger partial charge in [0, 0.05) is 44.6 Å². The molecule has 0 aliphatic heterocycles. The number of hydrogen-bond acceptors (Lipinski definition) is 4. The highest BCUT2D eigenvalue weighted by Crippen LogP contribution is 2.17. The molecule has 0 fully saturated rings. The lowest BCUT2D eigenvalue weighted by Gasteiger charge is -2.22. The minimum atomic E-state index is 0.155. The SMILES string of the molecule is Cc1nn(C)c(C)c1CCC(=O)N(Cc1cccnc1)Cc1ccsc1. The predicted molar refractivity (Wildman–Crippen MR) is 104 cm³/mol. The fourth-order valence-corrected chi connectivity index (χ4v) is 3.78. The summed E-state index contributed by atoms with van der Waals surface area (Å²) in [5.41, 5.74) is 5.53. The Hall–Kier alpha value is -2.47. The zero-order chi connectivity index (χ0) is 18.5. The number of thiophene rings is 1. The van der Waals surface area contributed by atoms with Crippen molar-refractivity contribution in [2.45, 2.75) is 39.8 Å². The van der Waals surface area contributed by atoms with Crippen molar-refractivity contribution in [3.63, 3.8) is 0 Å². The van der Waals surface area contributed by atoms with E-state index in [9.17, 15) is 4.79 Å². The molecule has 5 nitrogen and oxygen atoms in total. The first kappa shape index (κ1) is 18.3. The van der Waals surface area contributed by atoms with E-state index >= 15 is 0 Å². The van der Waals surface area contributed by atoms with Gasteiger partial charge in [0.15, 0.2) is 0 Å². The molecule has 136 valence electrons. The van der Waals surface area contributed by atoms with Gasteiger partial charge in [0.2, 0.25) is 5.91 Å². The van der Waals surface area contributed by atoms with Crippen molar-refractivity contribution < 1.29 is 4.79 Å². The first-order valence-corrected chi connectivity index (χ1v) is 9.65. The van der Waals surface area contributed by atoms with Gasteiger partial charge in [-0.15, -0.1) is 0 Å². The molecule has 0 unspecified atom stereocenters. The van der Waals surface area contributed by atoms with Crippen LogP contribution in [-0.4, -0.2) is 25.6 Å². The molecule has 3 aromatic rings. The van der Waals surface area contributed by atoms with Crippen LogP contribution in [0.1, 0.15) is 34.5 Å². The molecule has 0 aliphatic rings. The molecule has 0 atom stereocenters. The molecule has 0 aromatic carbocycles. The van der Waals surface area contributed by atoms with Crippen molar-refractivity contribution in [1.82, 2.24) is 19.7 Å². The Morgan fingerprint density at radius 2 is 2.04 bits per heavy atom. The van der Waals surface area contributed by atoms with Gasteiger partial charge >= 0.3 is 0 Å². The van der Waals surface area contributed by atoms with Crippen LogP contribution in [0.15, 0.2) is 41.4 Å². The maximum atomic E-state index is 13.0. The van der Waals surface area contributed by atoms with E-state index in [1.54, 1.807) is 17.5 Å². The van der Waals surface area contributed by atoms with E-state index in [1.165, 1.54) is 11.1 Å². The van der Waals surface area contributed by atoms with Crippen LogP contribution in [0, 0.1) is 13.8 Å². The summed E-state index contributed by atoms with van der Waals surface area (Å²) in [4.78, 5) is 19.0. The van der Waals surface area contributed by atoms with Gasteiger partial charge in [0.25, 0.3) is 0 Å². The van der Waals surface area contributed by atoms with Gasteiger partial charge < -0.3 is 4.90 Å². The molecule has 6 heteroatoms. The van der Waals surface area contributed by atoms with Gasteiger partial charge in [-0.25, -0.2) is 0 Å². The number of aromatic nitrogens is 3. The number of amides is 1. The zero-order valence-electron chi connectivity index (χ0n) is 15.5. The number of carbonyl (C=O) groups excluding carboxylic acids is 1. The largest absolute Gasteiger partial charge is 0.334 e. The van der Waals surface area contributed by atoms with Crippen molar-refractivity contribution in [1.29, 1.82) is 0 Å². The van der Waals surface area contributed by atoms with Crippen molar-refractivity contribution in [3.8, 4) is 0 Å². The Morgan fingerprint density at radius 1 is 1.23 bits per heavy atom. The van der Waals surface area contributed by atoms with E-state index in [2.05, 4.69) is 28.5 Å². The van der Waals surface area contributed by atoms with Crippen molar-refractivity contribution >= 4 is 17.2 Å². The van der Waals surface area contributed by atoms with Crippen LogP contribution >= 0.6 is 11.3 Å². The fourth-order valence-electron chi connectivity index (χ4n) is 3.12. The van der Waals surface area contributed by atoms with E-state index in [1.807, 2.05) is 47.3 Å². The molecule has 3 aromatic heterocycles. The van der Waals surface area contributed by atoms with Crippen molar-refractivity contribution in [3.05, 3.63) is 69.4 Å². The van der Waals surface area contributed by atoms with Gasteiger partial charge in [-0.1, -0.05) is 6.07 Å². The monoisotopic (exact) mass is 368 g/mol. The minimum absolute atomic E-state index is 0.155. The average molecular weight is 369 g/mol. The van der Waals surface area contributed by atoms with E-state index < -0.39 is 0 Å². The maximum absolute atomic E-state index is 13.0. The fraction of sp³-hybridized carbons (Fsp3) is 0.350. The second-order valence-electron chi connectivity index (χ2n) is 6.52. The Labute approximate surface area is 158 Å². The van der Waals surface area contributed by atoms with Gasteiger partial charge in [-0.05, 0) is 59.9 Å². The zero-order valence-corrected chi connectivity index (χ0v) is 16.3. The van der Waals surface area contributed by atoms with Gasteiger partial charge in [-0.2, -0.15) is 16.4 Å². The quantitative estimate of drug-likeness (QED) is 0.639. The second kappa shape index (κ2) is 8.27. The van der Waals surface area contributed by atoms with Crippen LogP contribution in [-0.2, 0) is 31.4 Å². The summed E-state index contributed by atoms with van der Waals surface area (Å²) in [5, 5.41) is 8.59. The highest BCUT2D eigenvalue weighted by molar-refractivity contribution is 7.07. The molecule has 26 heavy (non-hydrogen) atoms. The second-order valence-corrected chi connectivity index (χ2v) is 7.30. The lowest BCUT2D eigenvalue weighted by molar-refractivity contribution is -0.132. The smallest absolute Gasteiger partial charge is 0.223 e. The molecule has 0 bridgehead atoms. The molecule has 0 aliphatic carbocycles. The Morgan fingerprint density at radius 3 is 2.65 bits per heavy atom. The summed E-state index contributed by atoms with van der Waals surface area (Å²) >= 11 is 1.66. The summed E-state index contributed by atoms with van der Waals surface area (Å²) in [5.74, 6) is 0.155. The lowest BCUT2D eigenvalue weighted by Crippen LogP contribution is -2.30. The number of carbonyl (C=O) groups is 1. The first-order chi connectivity index (χ1) is 12.5. The third-order valence-electron chi connectivity index (χ3n) is 4.65. The summed E-state index contributed by atoms with van der Waals surface area (Å²) in [7, 11) is 1.94. The van der Waals surface area contributed by atoms with Crippen LogP contribution in [0.3, 0.4) is 0 Å². The number of nitrogens with zero attached hydrogens (tertiary/aromatic N) is 4. The molecule has 0 spiro atoms. The summed E-state index contributed by atoms with van der Waals surface area (Å²) in [6.07, 6.45) is 4.78. The third-order valence-corrected chi connectivity index (χ3v) is 5.38. The van der Waals surface area contributed by atoms with E-state index in [-0.39, 0.29) is 5.91 Å². The highest BCUT2D eigenvalue weighted by Gasteiger charge is 2.17. The molecule has 1 amide bonds. The number of hydrogen-bond donors (Lipinski definition) is 0. The maximum Gasteiger partial charge on any atom is 0.223 e. The average Bonchev–Trinajstić information content (AvgIpc) is 3.22. The van der Waals surface area contributed by atoms with Gasteiger partial charge in [0.05, 0.1) is 5.69 Å². The van der Waals surface area contributed by atoms with Crippen molar-refractivity contribution in [2.75, 3.05) is 0 Å². The number of rotatable bonds is 7. The predicted octanol–water partition coefficient (Wildman–Crippen LogP) is 3.66. The highest BCUT2D eigenvalue weighted by atomic mass is 32.1. The molecule has 3 heterocycles. The van der Waals surface area contributed by atoms with Crippen molar-refractivity contribution in [2.24, 2.45) is 7.05 Å². The van der Waals surface area contributed by atoms with Crippen LogP contribution < -0.4 is 0 Å². The van der Waals surface area contributed by atoms with E-state index in [4.69, 9.17) is 0 Å². The summed E-state index contributed by atoms with van der Waals surface area (Å²) < 4.78 is 1.88. The summed E-state index contributed by atoms with van der Waals surface area (Å²) in [6, 6.07) is 5.99. The Kier molecular flexibility index (Phi) is 5.83. The van der Waals surface area contributed by atoms with E-state index in [0.717, 1.165) is 23.4 Å². The Bertz CT molecular complexity index is 856. The molecule has 0 radical (unpaired) electrons. The van der Waals surface area contributed by atoms with Crippen LogP contribution in [0.25, 0.3) is 0 Å². The third kappa shape index (κ3) is 4.38. The lowest BCUT2D eigenvalue weighted by atomic mass is 10.1. The number of aryl methyl sites for hydroxylation is 2. The molecule has 0 saturated heterocycles. The normalized spacial score (nSPS) is 10.9. The first-order valence-electron chi connectivity index (χ1n) is 8.71. The van der Waals surface area contributed by atoms with E-state index in [0.29, 0.717) is 19.5 Å². The molecule has 0 N–H and O–H groups in total. The Balaban J connectivity index is 1.71. The summed E-state index contributed by atoms with van der Waals surface area (Å²) in [6.45, 7) is 5.26. The molecule has 3 rings (SSSR count). The topological polar surface area (TPSA) is 51.0 Å². The number of pyridine rings is 1. The minimum Gasteiger partial charge on any atom is -0.334 e. The van der Waals surface area contributed by atoms with Crippen LogP contribution in [0.5, 0.6) is 0 Å². The standard InChI is InChI=1S/C20H24N4OS/c1-15-19(16(2)23(3)22-15)6-7-20(25)24(13-18-8-10-26-14-18)12-17-5-4-9-21-11-17/h4-5,8-11,14H,6-7,12-13H2,1-3H3. The van der Waals surface area contributed by atoms with Gasteiger partial charge in [0.1, 0.15) is 0 Å². The van der Waals surface area contributed by atoms with Crippen LogP contribution in [0.4, 0.5) is 0 Å². The molecular formula is C20H24N4OS. The van der Waals surface area contributed by atoms with Gasteiger partial charge in [-0.3, -0.25) is 14.5 Å². The molecule has 0 saturated carbocycles. The molecular weight excluding hydrogens is 344 g/mol. The van der Waals surface area contributed by atoms with Crippen LogP contribution in [0.2, 0.25) is 0 Å².